The van der Waals surface area contributed by atoms with Gasteiger partial charge in [-0.1, -0.05) is 124 Å². The first-order chi connectivity index (χ1) is 16.7. The number of hydrogen-bond donors (Lipinski definition) is 0. The molecule has 0 heterocycles. The summed E-state index contributed by atoms with van der Waals surface area (Å²) in [5, 5.41) is 0. The van der Waals surface area contributed by atoms with Crippen LogP contribution in [0.5, 0.6) is 0 Å². The lowest BCUT2D eigenvalue weighted by atomic mass is 9.95. The van der Waals surface area contributed by atoms with Gasteiger partial charge in [0.2, 0.25) is 0 Å². The standard InChI is InChI=1S/C30H58O4/c1-4-7-10-13-16-19-23-28(30(32)34-27-21-18-15-12-9-6-3)24-22-25-29(31)33-26-20-17-14-11-8-5-2/h28H,4-27H2,1-3H3. The molecule has 0 N–H and O–H groups in total. The van der Waals surface area contributed by atoms with Gasteiger partial charge in [0, 0.05) is 6.42 Å². The van der Waals surface area contributed by atoms with Crippen molar-refractivity contribution in [2.24, 2.45) is 5.92 Å². The van der Waals surface area contributed by atoms with Crippen LogP contribution in [0.3, 0.4) is 0 Å². The molecule has 1 atom stereocenters. The van der Waals surface area contributed by atoms with E-state index in [1.165, 1.54) is 83.5 Å². The highest BCUT2D eigenvalue weighted by Crippen LogP contribution is 2.20. The third-order valence-corrected chi connectivity index (χ3v) is 6.68. The molecular weight excluding hydrogens is 424 g/mol. The minimum atomic E-state index is -0.118. The van der Waals surface area contributed by atoms with Crippen LogP contribution in [-0.2, 0) is 19.1 Å². The molecule has 0 radical (unpaired) electrons. The Hall–Kier alpha value is -1.06. The SMILES string of the molecule is CCCCCCCCOC(=O)CCCC(CCCCCCCC)C(=O)OCCCCCCCC. The zero-order valence-corrected chi connectivity index (χ0v) is 23.2. The van der Waals surface area contributed by atoms with Crippen LogP contribution in [0.15, 0.2) is 0 Å². The van der Waals surface area contributed by atoms with E-state index in [0.717, 1.165) is 44.9 Å². The third kappa shape index (κ3) is 22.7. The predicted molar refractivity (Wildman–Crippen MR) is 144 cm³/mol. The Balaban J connectivity index is 4.14. The van der Waals surface area contributed by atoms with Crippen molar-refractivity contribution >= 4 is 11.9 Å². The number of hydrogen-bond acceptors (Lipinski definition) is 4. The van der Waals surface area contributed by atoms with E-state index >= 15 is 0 Å². The summed E-state index contributed by atoms with van der Waals surface area (Å²) in [6.45, 7) is 7.75. The van der Waals surface area contributed by atoms with Crippen molar-refractivity contribution in [1.29, 1.82) is 0 Å². The Morgan fingerprint density at radius 2 is 0.912 bits per heavy atom. The molecule has 34 heavy (non-hydrogen) atoms. The number of carbonyl (C=O) groups is 2. The van der Waals surface area contributed by atoms with Crippen molar-refractivity contribution in [3.63, 3.8) is 0 Å². The van der Waals surface area contributed by atoms with Gasteiger partial charge in [0.15, 0.2) is 0 Å². The minimum absolute atomic E-state index is 0.0532. The maximum atomic E-state index is 12.7. The maximum absolute atomic E-state index is 12.7. The van der Waals surface area contributed by atoms with Crippen LogP contribution in [0, 0.1) is 5.92 Å². The number of carbonyl (C=O) groups excluding carboxylic acids is 2. The van der Waals surface area contributed by atoms with Gasteiger partial charge in [-0.25, -0.2) is 0 Å². The Morgan fingerprint density at radius 1 is 0.500 bits per heavy atom. The summed E-state index contributed by atoms with van der Waals surface area (Å²) in [5.41, 5.74) is 0. The van der Waals surface area contributed by atoms with Crippen molar-refractivity contribution in [3.05, 3.63) is 0 Å². The zero-order chi connectivity index (χ0) is 25.1. The lowest BCUT2D eigenvalue weighted by Gasteiger charge is -2.16. The van der Waals surface area contributed by atoms with E-state index in [2.05, 4.69) is 20.8 Å². The monoisotopic (exact) mass is 482 g/mol. The van der Waals surface area contributed by atoms with Gasteiger partial charge < -0.3 is 9.47 Å². The Kier molecular flexibility index (Phi) is 25.7. The van der Waals surface area contributed by atoms with E-state index in [1.807, 2.05) is 0 Å². The summed E-state index contributed by atoms with van der Waals surface area (Å²) in [5.74, 6) is -0.243. The van der Waals surface area contributed by atoms with Crippen LogP contribution in [0.4, 0.5) is 0 Å². The molecule has 0 rings (SSSR count). The molecule has 202 valence electrons. The van der Waals surface area contributed by atoms with Crippen molar-refractivity contribution in [2.45, 2.75) is 162 Å². The molecule has 1 unspecified atom stereocenters. The molecule has 0 spiro atoms. The molecule has 0 aromatic heterocycles. The third-order valence-electron chi connectivity index (χ3n) is 6.68. The molecule has 0 aliphatic heterocycles. The first-order valence-corrected chi connectivity index (χ1v) is 15.0. The summed E-state index contributed by atoms with van der Waals surface area (Å²) in [6, 6.07) is 0. The molecule has 4 nitrogen and oxygen atoms in total. The van der Waals surface area contributed by atoms with Crippen molar-refractivity contribution in [1.82, 2.24) is 0 Å². The average Bonchev–Trinajstić information content (AvgIpc) is 2.83. The van der Waals surface area contributed by atoms with E-state index in [9.17, 15) is 9.59 Å². The molecule has 4 heteroatoms. The quantitative estimate of drug-likeness (QED) is 0.0910. The molecule has 0 aromatic carbocycles. The number of unbranched alkanes of at least 4 members (excludes halogenated alkanes) is 15. The molecule has 0 amide bonds. The fraction of sp³-hybridized carbons (Fsp3) is 0.933. The van der Waals surface area contributed by atoms with Gasteiger partial charge in [-0.2, -0.15) is 0 Å². The van der Waals surface area contributed by atoms with E-state index in [4.69, 9.17) is 9.47 Å². The highest BCUT2D eigenvalue weighted by atomic mass is 16.5. The Labute approximate surface area is 212 Å². The smallest absolute Gasteiger partial charge is 0.308 e. The van der Waals surface area contributed by atoms with Crippen LogP contribution in [0.25, 0.3) is 0 Å². The normalized spacial score (nSPS) is 12.0. The highest BCUT2D eigenvalue weighted by Gasteiger charge is 2.20. The summed E-state index contributed by atoms with van der Waals surface area (Å²) < 4.78 is 11.0. The summed E-state index contributed by atoms with van der Waals surface area (Å²) in [4.78, 5) is 24.8. The largest absolute Gasteiger partial charge is 0.466 e. The van der Waals surface area contributed by atoms with Crippen LogP contribution in [0.2, 0.25) is 0 Å². The molecule has 0 saturated heterocycles. The van der Waals surface area contributed by atoms with Crippen molar-refractivity contribution < 1.29 is 19.1 Å². The topological polar surface area (TPSA) is 52.6 Å². The van der Waals surface area contributed by atoms with Crippen LogP contribution in [-0.4, -0.2) is 25.2 Å². The van der Waals surface area contributed by atoms with E-state index in [1.54, 1.807) is 0 Å². The molecule has 0 aliphatic carbocycles. The van der Waals surface area contributed by atoms with Crippen molar-refractivity contribution in [3.8, 4) is 0 Å². The molecule has 0 aliphatic rings. The number of rotatable bonds is 26. The van der Waals surface area contributed by atoms with E-state index in [-0.39, 0.29) is 17.9 Å². The van der Waals surface area contributed by atoms with E-state index in [0.29, 0.717) is 26.1 Å². The molecular formula is C30H58O4. The molecule has 0 fully saturated rings. The lowest BCUT2D eigenvalue weighted by Crippen LogP contribution is -2.19. The van der Waals surface area contributed by atoms with Gasteiger partial charge >= 0.3 is 11.9 Å². The lowest BCUT2D eigenvalue weighted by molar-refractivity contribution is -0.150. The van der Waals surface area contributed by atoms with Gasteiger partial charge in [-0.3, -0.25) is 9.59 Å². The maximum Gasteiger partial charge on any atom is 0.308 e. The Bertz CT molecular complexity index is 449. The second-order valence-electron chi connectivity index (χ2n) is 10.1. The summed E-state index contributed by atoms with van der Waals surface area (Å²) in [7, 11) is 0. The summed E-state index contributed by atoms with van der Waals surface area (Å²) >= 11 is 0. The fourth-order valence-corrected chi connectivity index (χ4v) is 4.36. The first-order valence-electron chi connectivity index (χ1n) is 15.0. The highest BCUT2D eigenvalue weighted by molar-refractivity contribution is 5.72. The predicted octanol–water partition coefficient (Wildman–Crippen LogP) is 9.33. The Morgan fingerprint density at radius 3 is 1.44 bits per heavy atom. The number of ether oxygens (including phenoxy) is 2. The first kappa shape index (κ1) is 32.9. The van der Waals surface area contributed by atoms with Gasteiger partial charge in [0.1, 0.15) is 0 Å². The molecule has 0 saturated carbocycles. The van der Waals surface area contributed by atoms with E-state index < -0.39 is 0 Å². The van der Waals surface area contributed by atoms with Crippen LogP contribution >= 0.6 is 0 Å². The van der Waals surface area contributed by atoms with Crippen LogP contribution < -0.4 is 0 Å². The minimum Gasteiger partial charge on any atom is -0.466 e. The van der Waals surface area contributed by atoms with Gasteiger partial charge in [-0.05, 0) is 32.1 Å². The fourth-order valence-electron chi connectivity index (χ4n) is 4.36. The molecule has 0 bridgehead atoms. The molecule has 0 aromatic rings. The van der Waals surface area contributed by atoms with Crippen molar-refractivity contribution in [2.75, 3.05) is 13.2 Å². The van der Waals surface area contributed by atoms with Crippen LogP contribution in [0.1, 0.15) is 162 Å². The second-order valence-corrected chi connectivity index (χ2v) is 10.1. The zero-order valence-electron chi connectivity index (χ0n) is 23.2. The second kappa shape index (κ2) is 26.5. The van der Waals surface area contributed by atoms with Gasteiger partial charge in [-0.15, -0.1) is 0 Å². The summed E-state index contributed by atoms with van der Waals surface area (Å²) in [6.07, 6.45) is 24.4. The number of esters is 2. The average molecular weight is 483 g/mol. The van der Waals surface area contributed by atoms with Gasteiger partial charge in [0.05, 0.1) is 19.1 Å². The van der Waals surface area contributed by atoms with Gasteiger partial charge in [0.25, 0.3) is 0 Å².